The molecule has 2 aromatic carbocycles. The van der Waals surface area contributed by atoms with Gasteiger partial charge < -0.3 is 9.47 Å². The Balaban J connectivity index is 1.79. The first kappa shape index (κ1) is 19.6. The second-order valence-electron chi connectivity index (χ2n) is 5.74. The molecule has 3 aromatic rings. The third-order valence-corrected chi connectivity index (χ3v) is 4.30. The number of methoxy groups -OCH3 is 1. The van der Waals surface area contributed by atoms with Crippen LogP contribution in [-0.2, 0) is 6.61 Å². The molecular weight excluding hydrogens is 426 g/mol. The molecule has 0 spiro atoms. The topological polar surface area (TPSA) is 101 Å². The van der Waals surface area contributed by atoms with Crippen molar-refractivity contribution in [2.75, 3.05) is 12.5 Å². The summed E-state index contributed by atoms with van der Waals surface area (Å²) in [6.07, 6.45) is 1.57. The van der Waals surface area contributed by atoms with Gasteiger partial charge in [0.25, 0.3) is 0 Å². The minimum absolute atomic E-state index is 0.278. The molecule has 0 fully saturated rings. The van der Waals surface area contributed by atoms with Gasteiger partial charge in [-0.2, -0.15) is 15.2 Å². The van der Waals surface area contributed by atoms with Crippen LogP contribution in [0.4, 0.5) is 5.82 Å². The van der Waals surface area contributed by atoms with Crippen LogP contribution in [0, 0.1) is 6.92 Å². The molecule has 3 rings (SSSR count). The van der Waals surface area contributed by atoms with Gasteiger partial charge in [0.2, 0.25) is 0 Å². The number of aryl methyl sites for hydroxylation is 1. The number of nitrogens with zero attached hydrogens (tertiary/aromatic N) is 3. The molecule has 0 amide bonds. The number of hydrazone groups is 1. The highest BCUT2D eigenvalue weighted by Gasteiger charge is 2.10. The number of anilines is 1. The summed E-state index contributed by atoms with van der Waals surface area (Å²) in [7, 11) is 1.58. The van der Waals surface area contributed by atoms with E-state index in [-0.39, 0.29) is 5.82 Å². The van der Waals surface area contributed by atoms with Crippen LogP contribution in [0.3, 0.4) is 0 Å². The van der Waals surface area contributed by atoms with Crippen LogP contribution in [0.25, 0.3) is 0 Å². The summed E-state index contributed by atoms with van der Waals surface area (Å²) in [5, 5.41) is 10.2. The Morgan fingerprint density at radius 2 is 2.04 bits per heavy atom. The summed E-state index contributed by atoms with van der Waals surface area (Å²) >= 11 is 3.42. The molecule has 9 heteroatoms. The number of aromatic nitrogens is 3. The van der Waals surface area contributed by atoms with Crippen LogP contribution < -0.4 is 20.6 Å². The van der Waals surface area contributed by atoms with Gasteiger partial charge in [0, 0.05) is 10.0 Å². The Morgan fingerprint density at radius 1 is 1.25 bits per heavy atom. The van der Waals surface area contributed by atoms with Gasteiger partial charge in [-0.3, -0.25) is 5.43 Å². The highest BCUT2D eigenvalue weighted by Crippen LogP contribution is 2.31. The van der Waals surface area contributed by atoms with E-state index in [0.717, 1.165) is 10.0 Å². The maximum Gasteiger partial charge on any atom is 0.363 e. The number of para-hydroxylation sites is 1. The molecule has 0 aliphatic heterocycles. The number of benzene rings is 2. The molecule has 2 N–H and O–H groups in total. The van der Waals surface area contributed by atoms with Crippen molar-refractivity contribution in [2.45, 2.75) is 13.5 Å². The predicted molar refractivity (Wildman–Crippen MR) is 110 cm³/mol. The van der Waals surface area contributed by atoms with E-state index >= 15 is 0 Å². The SMILES string of the molecule is COc1cccc(/C=N/Nc2nc(=O)[nH]nc2C)c1OCc1ccc(Br)cc1. The molecule has 0 bridgehead atoms. The number of aromatic amines is 1. The lowest BCUT2D eigenvalue weighted by molar-refractivity contribution is 0.284. The molecule has 8 nitrogen and oxygen atoms in total. The van der Waals surface area contributed by atoms with E-state index in [1.165, 1.54) is 0 Å². The number of H-pyrrole nitrogens is 1. The molecule has 144 valence electrons. The normalized spacial score (nSPS) is 10.8. The van der Waals surface area contributed by atoms with Gasteiger partial charge in [0.15, 0.2) is 17.3 Å². The van der Waals surface area contributed by atoms with Crippen LogP contribution in [0.15, 0.2) is 56.8 Å². The third kappa shape index (κ3) is 4.95. The lowest BCUT2D eigenvalue weighted by Crippen LogP contribution is -2.15. The summed E-state index contributed by atoms with van der Waals surface area (Å²) in [6.45, 7) is 2.08. The fourth-order valence-electron chi connectivity index (χ4n) is 2.35. The lowest BCUT2D eigenvalue weighted by atomic mass is 10.2. The smallest absolute Gasteiger partial charge is 0.363 e. The number of hydrogen-bond acceptors (Lipinski definition) is 7. The number of halogens is 1. The minimum atomic E-state index is -0.553. The van der Waals surface area contributed by atoms with E-state index in [9.17, 15) is 4.79 Å². The van der Waals surface area contributed by atoms with Gasteiger partial charge in [0.1, 0.15) is 12.3 Å². The van der Waals surface area contributed by atoms with Crippen LogP contribution in [0.1, 0.15) is 16.8 Å². The van der Waals surface area contributed by atoms with Crippen molar-refractivity contribution in [2.24, 2.45) is 5.10 Å². The van der Waals surface area contributed by atoms with Gasteiger partial charge in [-0.05, 0) is 36.8 Å². The quantitative estimate of drug-likeness (QED) is 0.429. The van der Waals surface area contributed by atoms with Gasteiger partial charge in [0.05, 0.1) is 13.3 Å². The summed E-state index contributed by atoms with van der Waals surface area (Å²) in [5.74, 6) is 1.43. The van der Waals surface area contributed by atoms with Crippen molar-refractivity contribution in [1.82, 2.24) is 15.2 Å². The van der Waals surface area contributed by atoms with Crippen molar-refractivity contribution < 1.29 is 9.47 Å². The van der Waals surface area contributed by atoms with Gasteiger partial charge >= 0.3 is 5.69 Å². The highest BCUT2D eigenvalue weighted by molar-refractivity contribution is 9.10. The number of nitrogens with one attached hydrogen (secondary N) is 2. The Bertz CT molecular complexity index is 1030. The van der Waals surface area contributed by atoms with Crippen LogP contribution >= 0.6 is 15.9 Å². The van der Waals surface area contributed by atoms with Crippen molar-refractivity contribution >= 4 is 28.0 Å². The van der Waals surface area contributed by atoms with Crippen LogP contribution in [0.5, 0.6) is 11.5 Å². The van der Waals surface area contributed by atoms with E-state index in [4.69, 9.17) is 9.47 Å². The second-order valence-corrected chi connectivity index (χ2v) is 6.65. The Hall–Kier alpha value is -3.20. The van der Waals surface area contributed by atoms with Gasteiger partial charge in [-0.1, -0.05) is 34.1 Å². The predicted octanol–water partition coefficient (Wildman–Crippen LogP) is 3.27. The molecule has 0 aliphatic rings. The summed E-state index contributed by atoms with van der Waals surface area (Å²) < 4.78 is 12.4. The minimum Gasteiger partial charge on any atom is -0.493 e. The van der Waals surface area contributed by atoms with Crippen molar-refractivity contribution in [3.8, 4) is 11.5 Å². The number of ether oxygens (including phenoxy) is 2. The van der Waals surface area contributed by atoms with Crippen LogP contribution in [0.2, 0.25) is 0 Å². The fourth-order valence-corrected chi connectivity index (χ4v) is 2.61. The van der Waals surface area contributed by atoms with E-state index in [0.29, 0.717) is 29.4 Å². The molecule has 0 saturated carbocycles. The number of rotatable bonds is 7. The molecule has 1 aromatic heterocycles. The summed E-state index contributed by atoms with van der Waals surface area (Å²) in [5.41, 5.74) is 4.42. The highest BCUT2D eigenvalue weighted by atomic mass is 79.9. The average Bonchev–Trinajstić information content (AvgIpc) is 2.70. The zero-order chi connectivity index (χ0) is 19.9. The largest absolute Gasteiger partial charge is 0.493 e. The van der Waals surface area contributed by atoms with E-state index in [1.54, 1.807) is 20.2 Å². The second kappa shape index (κ2) is 9.14. The fraction of sp³-hybridized carbons (Fsp3) is 0.158. The molecule has 0 aliphatic carbocycles. The van der Waals surface area contributed by atoms with Gasteiger partial charge in [-0.15, -0.1) is 0 Å². The van der Waals surface area contributed by atoms with Crippen molar-refractivity contribution in [1.29, 1.82) is 0 Å². The monoisotopic (exact) mass is 443 g/mol. The summed E-state index contributed by atoms with van der Waals surface area (Å²) in [6, 6.07) is 13.4. The number of hydrogen-bond donors (Lipinski definition) is 2. The first-order chi connectivity index (χ1) is 13.6. The van der Waals surface area contributed by atoms with Crippen molar-refractivity contribution in [3.63, 3.8) is 0 Å². The Labute approximate surface area is 169 Å². The van der Waals surface area contributed by atoms with Crippen molar-refractivity contribution in [3.05, 3.63) is 74.2 Å². The zero-order valence-electron chi connectivity index (χ0n) is 15.3. The molecule has 28 heavy (non-hydrogen) atoms. The van der Waals surface area contributed by atoms with Crippen LogP contribution in [-0.4, -0.2) is 28.5 Å². The first-order valence-corrected chi connectivity index (χ1v) is 9.13. The maximum atomic E-state index is 11.3. The third-order valence-electron chi connectivity index (χ3n) is 3.78. The molecule has 0 atom stereocenters. The lowest BCUT2D eigenvalue weighted by Gasteiger charge is -2.13. The Kier molecular flexibility index (Phi) is 6.38. The van der Waals surface area contributed by atoms with E-state index < -0.39 is 5.69 Å². The van der Waals surface area contributed by atoms with E-state index in [1.807, 2.05) is 42.5 Å². The van der Waals surface area contributed by atoms with E-state index in [2.05, 4.69) is 41.6 Å². The van der Waals surface area contributed by atoms with Gasteiger partial charge in [-0.25, -0.2) is 9.89 Å². The standard InChI is InChI=1S/C19H18BrN5O3/c1-12-18(22-19(26)25-23-12)24-21-10-14-4-3-5-16(27-2)17(14)28-11-13-6-8-15(20)9-7-13/h3-10H,11H2,1-2H3,(H2,22,24,25,26)/b21-10+. The first-order valence-electron chi connectivity index (χ1n) is 8.33. The molecule has 0 saturated heterocycles. The summed E-state index contributed by atoms with van der Waals surface area (Å²) in [4.78, 5) is 15.1. The Morgan fingerprint density at radius 3 is 2.79 bits per heavy atom. The maximum absolute atomic E-state index is 11.3. The molecule has 1 heterocycles. The molecule has 0 unspecified atom stereocenters. The molecular formula is C19H18BrN5O3. The average molecular weight is 444 g/mol. The molecule has 0 radical (unpaired) electrons. The zero-order valence-corrected chi connectivity index (χ0v) is 16.9.